The van der Waals surface area contributed by atoms with E-state index < -0.39 is 5.43 Å². The number of β-amino-alcohol motifs (C(OH)–C–C–N with tert-alkyl or cyclic N) is 1. The van der Waals surface area contributed by atoms with Gasteiger partial charge in [0.1, 0.15) is 6.61 Å². The summed E-state index contributed by atoms with van der Waals surface area (Å²) < 4.78 is 4.55. The number of carbonyl (C=O) groups is 1. The van der Waals surface area contributed by atoms with Crippen LogP contribution < -0.4 is 5.32 Å². The van der Waals surface area contributed by atoms with Crippen LogP contribution in [0.3, 0.4) is 0 Å². The molecule has 1 fully saturated rings. The summed E-state index contributed by atoms with van der Waals surface area (Å²) in [6.07, 6.45) is 1.99. The van der Waals surface area contributed by atoms with Crippen LogP contribution in [-0.4, -0.2) is 29.2 Å². The van der Waals surface area contributed by atoms with E-state index in [0.717, 1.165) is 24.9 Å². The summed E-state index contributed by atoms with van der Waals surface area (Å²) in [7, 11) is 0. The molecule has 2 N–H and O–H groups in total. The number of ether oxygens (including phenoxy) is 1. The maximum Gasteiger partial charge on any atom is 0.404 e. The predicted octanol–water partition coefficient (Wildman–Crippen LogP) is 2.68. The van der Waals surface area contributed by atoms with Crippen LogP contribution in [0.5, 0.6) is 0 Å². The van der Waals surface area contributed by atoms with Crippen LogP contribution in [0.1, 0.15) is 25.3 Å². The van der Waals surface area contributed by atoms with Crippen molar-refractivity contribution in [2.45, 2.75) is 38.5 Å². The van der Waals surface area contributed by atoms with Crippen molar-refractivity contribution in [2.75, 3.05) is 6.54 Å². The van der Waals surface area contributed by atoms with Crippen LogP contribution in [-0.2, 0) is 11.3 Å². The molecular weight excluding hydrogens is 266 g/mol. The molecule has 106 valence electrons. The molecule has 1 saturated heterocycles. The first-order valence-corrected chi connectivity index (χ1v) is 6.73. The van der Waals surface area contributed by atoms with Gasteiger partial charge in [-0.2, -0.15) is 0 Å². The molecule has 0 unspecified atom stereocenters. The second-order valence-corrected chi connectivity index (χ2v) is 4.86. The highest BCUT2D eigenvalue weighted by atomic mass is 35.5. The normalized spacial score (nSPS) is 22.1. The summed E-state index contributed by atoms with van der Waals surface area (Å²) in [5.41, 5.74) is 0.162. The number of rotatable bonds is 2. The summed E-state index contributed by atoms with van der Waals surface area (Å²) in [6.45, 7) is 3.16. The van der Waals surface area contributed by atoms with E-state index in [9.17, 15) is 4.79 Å². The quantitative estimate of drug-likeness (QED) is 0.820. The van der Waals surface area contributed by atoms with E-state index in [1.165, 1.54) is 0 Å². The molecule has 1 aliphatic rings. The molecule has 19 heavy (non-hydrogen) atoms. The average molecular weight is 286 g/mol. The van der Waals surface area contributed by atoms with E-state index in [0.29, 0.717) is 6.04 Å². The van der Waals surface area contributed by atoms with Gasteiger partial charge in [-0.05, 0) is 25.3 Å². The van der Waals surface area contributed by atoms with Crippen LogP contribution in [0.4, 0.5) is 4.79 Å². The topological polar surface area (TPSA) is 58.6 Å². The van der Waals surface area contributed by atoms with Gasteiger partial charge >= 0.3 is 5.43 Å². The first kappa shape index (κ1) is 16.0. The van der Waals surface area contributed by atoms with Gasteiger partial charge in [0.2, 0.25) is 0 Å². The standard InChI is InChI=1S/C8H7ClO2.C6H13NO/c9-8(10)11-6-7-4-2-1-3-5-7;1-5-2-3-6(8)4-7-5/h1-5H,6H2;5-8H,2-4H2,1H3/t;5-,6-/m.0/s1. The Bertz CT molecular complexity index is 354. The van der Waals surface area contributed by atoms with Crippen LogP contribution in [0.15, 0.2) is 30.3 Å². The van der Waals surface area contributed by atoms with E-state index >= 15 is 0 Å². The highest BCUT2D eigenvalue weighted by Gasteiger charge is 2.13. The lowest BCUT2D eigenvalue weighted by Gasteiger charge is -2.23. The molecule has 0 saturated carbocycles. The number of nitrogens with one attached hydrogen (secondary N) is 1. The van der Waals surface area contributed by atoms with Crippen molar-refractivity contribution >= 4 is 17.0 Å². The van der Waals surface area contributed by atoms with Crippen LogP contribution in [0, 0.1) is 0 Å². The fourth-order valence-corrected chi connectivity index (χ4v) is 1.75. The van der Waals surface area contributed by atoms with Gasteiger partial charge in [-0.15, -0.1) is 0 Å². The number of hydrogen-bond acceptors (Lipinski definition) is 4. The molecule has 0 radical (unpaired) electrons. The number of aliphatic hydroxyl groups excluding tert-OH is 1. The molecule has 2 atom stereocenters. The summed E-state index contributed by atoms with van der Waals surface area (Å²) in [5.74, 6) is 0. The Morgan fingerprint density at radius 2 is 2.11 bits per heavy atom. The van der Waals surface area contributed by atoms with Gasteiger partial charge in [0, 0.05) is 24.2 Å². The molecule has 1 aromatic rings. The first-order chi connectivity index (χ1) is 9.08. The van der Waals surface area contributed by atoms with Crippen molar-refractivity contribution in [3.05, 3.63) is 35.9 Å². The molecule has 4 nitrogen and oxygen atoms in total. The highest BCUT2D eigenvalue weighted by Crippen LogP contribution is 2.05. The smallest absolute Gasteiger partial charge is 0.404 e. The van der Waals surface area contributed by atoms with Crippen molar-refractivity contribution in [3.8, 4) is 0 Å². The Kier molecular flexibility index (Phi) is 7.48. The fraction of sp³-hybridized carbons (Fsp3) is 0.500. The molecule has 0 aliphatic carbocycles. The Morgan fingerprint density at radius 1 is 1.42 bits per heavy atom. The molecule has 2 rings (SSSR count). The average Bonchev–Trinajstić information content (AvgIpc) is 2.42. The Morgan fingerprint density at radius 3 is 2.58 bits per heavy atom. The van der Waals surface area contributed by atoms with Gasteiger partial charge in [-0.25, -0.2) is 4.79 Å². The minimum atomic E-state index is -0.770. The van der Waals surface area contributed by atoms with Gasteiger partial charge in [0.05, 0.1) is 6.10 Å². The SMILES string of the molecule is C[C@H]1CC[C@H](O)CN1.O=C(Cl)OCc1ccccc1. The number of benzene rings is 1. The third-order valence-electron chi connectivity index (χ3n) is 2.83. The number of halogens is 1. The maximum atomic E-state index is 10.2. The zero-order valence-electron chi connectivity index (χ0n) is 11.0. The lowest BCUT2D eigenvalue weighted by Crippen LogP contribution is -2.39. The molecule has 0 bridgehead atoms. The van der Waals surface area contributed by atoms with Gasteiger partial charge in [0.15, 0.2) is 0 Å². The van der Waals surface area contributed by atoms with E-state index in [1.54, 1.807) is 0 Å². The molecular formula is C14H20ClNO3. The van der Waals surface area contributed by atoms with Crippen molar-refractivity contribution in [1.82, 2.24) is 5.32 Å². The second-order valence-electron chi connectivity index (χ2n) is 4.55. The lowest BCUT2D eigenvalue weighted by molar-refractivity contribution is 0.129. The van der Waals surface area contributed by atoms with Crippen molar-refractivity contribution in [2.24, 2.45) is 0 Å². The minimum absolute atomic E-state index is 0.0915. The van der Waals surface area contributed by atoms with E-state index in [2.05, 4.69) is 17.0 Å². The zero-order chi connectivity index (χ0) is 14.1. The summed E-state index contributed by atoms with van der Waals surface area (Å²) in [6, 6.07) is 9.97. The molecule has 1 heterocycles. The van der Waals surface area contributed by atoms with E-state index in [-0.39, 0.29) is 12.7 Å². The molecule has 5 heteroatoms. The van der Waals surface area contributed by atoms with Gasteiger partial charge in [-0.1, -0.05) is 30.3 Å². The third kappa shape index (κ3) is 7.82. The molecule has 0 spiro atoms. The van der Waals surface area contributed by atoms with Gasteiger partial charge < -0.3 is 15.2 Å². The van der Waals surface area contributed by atoms with Crippen molar-refractivity contribution < 1.29 is 14.6 Å². The zero-order valence-corrected chi connectivity index (χ0v) is 11.8. The minimum Gasteiger partial charge on any atom is -0.449 e. The molecule has 0 amide bonds. The van der Waals surface area contributed by atoms with E-state index in [1.807, 2.05) is 30.3 Å². The summed E-state index contributed by atoms with van der Waals surface area (Å²) in [5, 5.41) is 12.1. The van der Waals surface area contributed by atoms with Crippen LogP contribution >= 0.6 is 11.6 Å². The van der Waals surface area contributed by atoms with Crippen molar-refractivity contribution in [1.29, 1.82) is 0 Å². The molecule has 0 aromatic heterocycles. The Labute approximate surface area is 118 Å². The Balaban J connectivity index is 0.000000200. The predicted molar refractivity (Wildman–Crippen MR) is 75.2 cm³/mol. The number of piperidine rings is 1. The first-order valence-electron chi connectivity index (χ1n) is 6.35. The van der Waals surface area contributed by atoms with Gasteiger partial charge in [-0.3, -0.25) is 0 Å². The summed E-state index contributed by atoms with van der Waals surface area (Å²) >= 11 is 4.97. The van der Waals surface area contributed by atoms with Gasteiger partial charge in [0.25, 0.3) is 0 Å². The molecule has 1 aliphatic heterocycles. The maximum absolute atomic E-state index is 10.2. The van der Waals surface area contributed by atoms with Crippen molar-refractivity contribution in [3.63, 3.8) is 0 Å². The largest absolute Gasteiger partial charge is 0.449 e. The summed E-state index contributed by atoms with van der Waals surface area (Å²) in [4.78, 5) is 10.2. The number of hydrogen-bond donors (Lipinski definition) is 2. The van der Waals surface area contributed by atoms with E-state index in [4.69, 9.17) is 16.7 Å². The Hall–Kier alpha value is -1.10. The third-order valence-corrected chi connectivity index (χ3v) is 2.94. The highest BCUT2D eigenvalue weighted by molar-refractivity contribution is 6.61. The monoisotopic (exact) mass is 285 g/mol. The molecule has 1 aromatic carbocycles. The number of aliphatic hydroxyl groups is 1. The second kappa shape index (κ2) is 8.91. The van der Waals surface area contributed by atoms with Crippen LogP contribution in [0.25, 0.3) is 0 Å². The van der Waals surface area contributed by atoms with Crippen LogP contribution in [0.2, 0.25) is 0 Å². The lowest BCUT2D eigenvalue weighted by atomic mass is 10.0. The fourth-order valence-electron chi connectivity index (χ4n) is 1.70. The number of carbonyl (C=O) groups excluding carboxylic acids is 1.